The molecule has 2 rings (SSSR count). The number of ether oxygens (including phenoxy) is 1. The summed E-state index contributed by atoms with van der Waals surface area (Å²) in [5, 5.41) is 0. The summed E-state index contributed by atoms with van der Waals surface area (Å²) >= 11 is 0. The predicted octanol–water partition coefficient (Wildman–Crippen LogP) is 8.92. The molecule has 0 aliphatic heterocycles. The second-order valence-electron chi connectivity index (χ2n) is 10.3. The summed E-state index contributed by atoms with van der Waals surface area (Å²) in [4.78, 5) is 0. The summed E-state index contributed by atoms with van der Waals surface area (Å²) in [7, 11) is 1.74. The quantitative estimate of drug-likeness (QED) is 0.276. The lowest BCUT2D eigenvalue weighted by Crippen LogP contribution is -2.12. The van der Waals surface area contributed by atoms with Crippen molar-refractivity contribution in [3.63, 3.8) is 0 Å². The molecular formula is C30H46O. The van der Waals surface area contributed by atoms with Crippen molar-refractivity contribution < 1.29 is 4.74 Å². The Morgan fingerprint density at radius 3 is 1.65 bits per heavy atom. The molecule has 0 aliphatic carbocycles. The van der Waals surface area contributed by atoms with Crippen molar-refractivity contribution in [2.75, 3.05) is 7.11 Å². The number of benzene rings is 2. The lowest BCUT2D eigenvalue weighted by atomic mass is 9.84. The van der Waals surface area contributed by atoms with Gasteiger partial charge in [-0.2, -0.15) is 0 Å². The van der Waals surface area contributed by atoms with Crippen molar-refractivity contribution in [1.29, 1.82) is 0 Å². The maximum atomic E-state index is 5.34. The molecule has 0 amide bonds. The maximum Gasteiger partial charge on any atom is 0.118 e. The molecule has 1 nitrogen and oxygen atoms in total. The SMILES string of the molecule is CCCCCCCCCCC(Cc1ccc(OC)cc1)Cc1ccc(C(C)(C)C)cc1. The van der Waals surface area contributed by atoms with Gasteiger partial charge in [0.2, 0.25) is 0 Å². The zero-order valence-corrected chi connectivity index (χ0v) is 20.9. The Bertz CT molecular complexity index is 706. The van der Waals surface area contributed by atoms with E-state index in [-0.39, 0.29) is 5.41 Å². The Morgan fingerprint density at radius 1 is 0.677 bits per heavy atom. The van der Waals surface area contributed by atoms with E-state index in [1.807, 2.05) is 0 Å². The Labute approximate surface area is 192 Å². The van der Waals surface area contributed by atoms with Crippen molar-refractivity contribution in [2.45, 2.75) is 104 Å². The van der Waals surface area contributed by atoms with Gasteiger partial charge in [-0.15, -0.1) is 0 Å². The largest absolute Gasteiger partial charge is 0.497 e. The molecule has 1 atom stereocenters. The van der Waals surface area contributed by atoms with Gasteiger partial charge in [-0.3, -0.25) is 0 Å². The first-order valence-corrected chi connectivity index (χ1v) is 12.6. The van der Waals surface area contributed by atoms with Gasteiger partial charge in [0.25, 0.3) is 0 Å². The second kappa shape index (κ2) is 13.6. The molecule has 1 heteroatoms. The molecule has 0 saturated heterocycles. The first-order chi connectivity index (χ1) is 14.9. The van der Waals surface area contributed by atoms with Crippen LogP contribution in [-0.4, -0.2) is 7.11 Å². The van der Waals surface area contributed by atoms with E-state index < -0.39 is 0 Å². The van der Waals surface area contributed by atoms with Crippen LogP contribution in [0.15, 0.2) is 48.5 Å². The molecule has 1 unspecified atom stereocenters. The van der Waals surface area contributed by atoms with Crippen LogP contribution in [0.3, 0.4) is 0 Å². The Kier molecular flexibility index (Phi) is 11.2. The van der Waals surface area contributed by atoms with Crippen molar-refractivity contribution in [3.8, 4) is 5.75 Å². The van der Waals surface area contributed by atoms with Crippen LogP contribution in [0.25, 0.3) is 0 Å². The monoisotopic (exact) mass is 422 g/mol. The summed E-state index contributed by atoms with van der Waals surface area (Å²) in [5.74, 6) is 1.65. The fourth-order valence-electron chi connectivity index (χ4n) is 4.41. The molecule has 0 aromatic heterocycles. The minimum atomic E-state index is 0.220. The van der Waals surface area contributed by atoms with Gasteiger partial charge in [-0.1, -0.05) is 115 Å². The van der Waals surface area contributed by atoms with E-state index >= 15 is 0 Å². The van der Waals surface area contributed by atoms with Crippen LogP contribution in [0.5, 0.6) is 5.75 Å². The second-order valence-corrected chi connectivity index (χ2v) is 10.3. The van der Waals surface area contributed by atoms with Crippen LogP contribution < -0.4 is 4.74 Å². The molecular weight excluding hydrogens is 376 g/mol. The standard InChI is InChI=1S/C30H46O/c1-6-7-8-9-10-11-12-13-14-27(24-26-17-21-29(31-5)22-18-26)23-25-15-19-28(20-16-25)30(2,3)4/h15-22,27H,6-14,23-24H2,1-5H3. The van der Waals surface area contributed by atoms with Gasteiger partial charge in [0.05, 0.1) is 7.11 Å². The van der Waals surface area contributed by atoms with E-state index in [9.17, 15) is 0 Å². The molecule has 172 valence electrons. The van der Waals surface area contributed by atoms with Crippen molar-refractivity contribution >= 4 is 0 Å². The van der Waals surface area contributed by atoms with Crippen LogP contribution in [0, 0.1) is 5.92 Å². The van der Waals surface area contributed by atoms with Crippen LogP contribution in [0.1, 0.15) is 102 Å². The molecule has 0 bridgehead atoms. The summed E-state index contributed by atoms with van der Waals surface area (Å²) in [6, 6.07) is 18.0. The zero-order valence-electron chi connectivity index (χ0n) is 20.9. The summed E-state index contributed by atoms with van der Waals surface area (Å²) in [6.45, 7) is 9.16. The van der Waals surface area contributed by atoms with E-state index in [1.54, 1.807) is 7.11 Å². The third-order valence-electron chi connectivity index (χ3n) is 6.49. The lowest BCUT2D eigenvalue weighted by molar-refractivity contribution is 0.414. The van der Waals surface area contributed by atoms with Gasteiger partial charge in [-0.05, 0) is 59.4 Å². The molecule has 0 saturated carbocycles. The van der Waals surface area contributed by atoms with Crippen LogP contribution in [0.4, 0.5) is 0 Å². The lowest BCUT2D eigenvalue weighted by Gasteiger charge is -2.21. The summed E-state index contributed by atoms with van der Waals surface area (Å²) in [6.07, 6.45) is 14.8. The predicted molar refractivity (Wildman–Crippen MR) is 136 cm³/mol. The number of unbranched alkanes of at least 4 members (excludes halogenated alkanes) is 7. The van der Waals surface area contributed by atoms with Crippen molar-refractivity contribution in [3.05, 3.63) is 65.2 Å². The van der Waals surface area contributed by atoms with Crippen LogP contribution in [0.2, 0.25) is 0 Å². The molecule has 2 aromatic carbocycles. The first kappa shape index (κ1) is 25.5. The Morgan fingerprint density at radius 2 is 1.16 bits per heavy atom. The fraction of sp³-hybridized carbons (Fsp3) is 0.600. The number of rotatable bonds is 14. The van der Waals surface area contributed by atoms with E-state index in [0.29, 0.717) is 5.92 Å². The van der Waals surface area contributed by atoms with Crippen LogP contribution >= 0.6 is 0 Å². The molecule has 0 spiro atoms. The van der Waals surface area contributed by atoms with E-state index in [4.69, 9.17) is 4.74 Å². The highest BCUT2D eigenvalue weighted by Crippen LogP contribution is 2.26. The summed E-state index contributed by atoms with van der Waals surface area (Å²) < 4.78 is 5.34. The number of hydrogen-bond donors (Lipinski definition) is 0. The van der Waals surface area contributed by atoms with Gasteiger partial charge < -0.3 is 4.74 Å². The highest BCUT2D eigenvalue weighted by molar-refractivity contribution is 5.29. The zero-order chi connectivity index (χ0) is 22.5. The Balaban J connectivity index is 1.91. The normalized spacial score (nSPS) is 12.7. The molecule has 31 heavy (non-hydrogen) atoms. The van der Waals surface area contributed by atoms with Gasteiger partial charge in [0.1, 0.15) is 5.75 Å². The minimum absolute atomic E-state index is 0.220. The van der Waals surface area contributed by atoms with Crippen molar-refractivity contribution in [1.82, 2.24) is 0 Å². The van der Waals surface area contributed by atoms with Gasteiger partial charge >= 0.3 is 0 Å². The highest BCUT2D eigenvalue weighted by atomic mass is 16.5. The minimum Gasteiger partial charge on any atom is -0.497 e. The number of hydrogen-bond acceptors (Lipinski definition) is 1. The van der Waals surface area contributed by atoms with Gasteiger partial charge in [0, 0.05) is 0 Å². The third-order valence-corrected chi connectivity index (χ3v) is 6.49. The molecule has 0 heterocycles. The third kappa shape index (κ3) is 9.93. The molecule has 0 aliphatic rings. The van der Waals surface area contributed by atoms with Crippen LogP contribution in [-0.2, 0) is 18.3 Å². The summed E-state index contributed by atoms with van der Waals surface area (Å²) in [5.41, 5.74) is 4.55. The Hall–Kier alpha value is -1.76. The van der Waals surface area contributed by atoms with E-state index in [1.165, 1.54) is 80.9 Å². The average molecular weight is 423 g/mol. The topological polar surface area (TPSA) is 9.23 Å². The molecule has 2 aromatic rings. The maximum absolute atomic E-state index is 5.34. The molecule has 0 radical (unpaired) electrons. The smallest absolute Gasteiger partial charge is 0.118 e. The number of methoxy groups -OCH3 is 1. The molecule has 0 N–H and O–H groups in total. The van der Waals surface area contributed by atoms with E-state index in [2.05, 4.69) is 76.2 Å². The molecule has 0 fully saturated rings. The fourth-order valence-corrected chi connectivity index (χ4v) is 4.41. The van der Waals surface area contributed by atoms with Gasteiger partial charge in [0.15, 0.2) is 0 Å². The van der Waals surface area contributed by atoms with E-state index in [0.717, 1.165) is 12.2 Å². The first-order valence-electron chi connectivity index (χ1n) is 12.6. The van der Waals surface area contributed by atoms with Crippen molar-refractivity contribution in [2.24, 2.45) is 5.92 Å². The van der Waals surface area contributed by atoms with Gasteiger partial charge in [-0.25, -0.2) is 0 Å². The average Bonchev–Trinajstić information content (AvgIpc) is 2.76. The highest BCUT2D eigenvalue weighted by Gasteiger charge is 2.15.